The topological polar surface area (TPSA) is 106 Å². The number of aryl methyl sites for hydroxylation is 1. The zero-order valence-electron chi connectivity index (χ0n) is 18.2. The number of thiophene rings is 1. The fraction of sp³-hybridized carbons (Fsp3) is 0.400. The van der Waals surface area contributed by atoms with Gasteiger partial charge in [0.15, 0.2) is 5.76 Å². The third kappa shape index (κ3) is 4.74. The molecule has 3 heterocycles. The van der Waals surface area contributed by atoms with Crippen molar-refractivity contribution in [2.75, 3.05) is 0 Å². The number of halogens is 7. The van der Waals surface area contributed by atoms with Crippen molar-refractivity contribution in [3.8, 4) is 34.0 Å². The third-order valence-electron chi connectivity index (χ3n) is 5.30. The van der Waals surface area contributed by atoms with E-state index in [2.05, 4.69) is 20.3 Å². The van der Waals surface area contributed by atoms with Gasteiger partial charge < -0.3 is 14.6 Å². The maximum Gasteiger partial charge on any atom is 0.440 e. The fourth-order valence-electron chi connectivity index (χ4n) is 3.25. The number of carbonyl (C=O) groups excluding carboxylic acids is 1. The maximum absolute atomic E-state index is 13.7. The number of rotatable bonds is 7. The van der Waals surface area contributed by atoms with Crippen LogP contribution in [-0.2, 0) is 7.05 Å². The maximum atomic E-state index is 13.7. The Morgan fingerprint density at radius 2 is 2.03 bits per heavy atom. The van der Waals surface area contributed by atoms with Gasteiger partial charge in [0.2, 0.25) is 5.88 Å². The van der Waals surface area contributed by atoms with Crippen molar-refractivity contribution in [2.45, 2.75) is 43.8 Å². The molecule has 3 aromatic heterocycles. The van der Waals surface area contributed by atoms with E-state index in [1.807, 2.05) is 6.07 Å². The molecule has 1 unspecified atom stereocenters. The molecule has 1 aliphatic carbocycles. The first-order valence-corrected chi connectivity index (χ1v) is 11.2. The van der Waals surface area contributed by atoms with E-state index in [9.17, 15) is 31.1 Å². The molecule has 1 fully saturated rings. The number of nitriles is 1. The van der Waals surface area contributed by atoms with E-state index in [1.54, 1.807) is 0 Å². The molecule has 0 saturated heterocycles. The molecular formula is C20H14ClF6N5O3S. The molecule has 16 heteroatoms. The van der Waals surface area contributed by atoms with Crippen LogP contribution >= 0.6 is 22.9 Å². The second-order valence-electron chi connectivity index (χ2n) is 7.99. The molecular weight excluding hydrogens is 540 g/mol. The summed E-state index contributed by atoms with van der Waals surface area (Å²) >= 11 is 7.16. The molecule has 0 aromatic carbocycles. The number of carbonyl (C=O) groups is 1. The highest BCUT2D eigenvalue weighted by Crippen LogP contribution is 2.41. The highest BCUT2D eigenvalue weighted by Gasteiger charge is 2.59. The molecule has 0 radical (unpaired) electrons. The number of alkyl halides is 6. The lowest BCUT2D eigenvalue weighted by Gasteiger charge is -2.22. The number of hydrogen-bond donors (Lipinski definition) is 1. The predicted molar refractivity (Wildman–Crippen MR) is 113 cm³/mol. The highest BCUT2D eigenvalue weighted by atomic mass is 35.5. The first kappa shape index (κ1) is 25.8. The normalized spacial score (nSPS) is 15.9. The van der Waals surface area contributed by atoms with Gasteiger partial charge in [-0.05, 0) is 25.8 Å². The number of nitrogens with zero attached hydrogens (tertiary/aromatic N) is 4. The van der Waals surface area contributed by atoms with Crippen molar-refractivity contribution in [3.63, 3.8) is 0 Å². The van der Waals surface area contributed by atoms with Crippen molar-refractivity contribution in [1.29, 1.82) is 5.26 Å². The van der Waals surface area contributed by atoms with Gasteiger partial charge in [-0.15, -0.1) is 16.4 Å². The summed E-state index contributed by atoms with van der Waals surface area (Å²) < 4.78 is 88.3. The number of aromatic nitrogens is 3. The van der Waals surface area contributed by atoms with Gasteiger partial charge in [-0.1, -0.05) is 16.8 Å². The number of hydrogen-bond acceptors (Lipinski definition) is 7. The summed E-state index contributed by atoms with van der Waals surface area (Å²) in [4.78, 5) is 12.9. The first-order valence-electron chi connectivity index (χ1n) is 9.99. The molecule has 1 atom stereocenters. The van der Waals surface area contributed by atoms with Crippen molar-refractivity contribution in [1.82, 2.24) is 20.3 Å². The van der Waals surface area contributed by atoms with Crippen LogP contribution in [0.15, 0.2) is 16.7 Å². The summed E-state index contributed by atoms with van der Waals surface area (Å²) in [5.74, 6) is -1.35. The number of nitrogens with one attached hydrogen (secondary N) is 1. The largest absolute Gasteiger partial charge is 0.440 e. The lowest BCUT2D eigenvalue weighted by Crippen LogP contribution is -2.45. The van der Waals surface area contributed by atoms with Gasteiger partial charge in [0.25, 0.3) is 12.1 Å². The van der Waals surface area contributed by atoms with Crippen LogP contribution in [0.5, 0.6) is 5.88 Å². The summed E-state index contributed by atoms with van der Waals surface area (Å²) in [7, 11) is 1.28. The van der Waals surface area contributed by atoms with Gasteiger partial charge >= 0.3 is 12.3 Å². The minimum absolute atomic E-state index is 0.0419. The van der Waals surface area contributed by atoms with Crippen LogP contribution in [0.3, 0.4) is 0 Å². The monoisotopic (exact) mass is 553 g/mol. The average Bonchev–Trinajstić information content (AvgIpc) is 3.08. The second kappa shape index (κ2) is 8.70. The standard InChI is InChI=1S/C20H14ClF6N5O3S/c1-8-13(32(2)30-16(8)34-20(26,27)17(22)19(23,24)25)10-6-11(35-31-10)12-5-9(14(21)36-12)15(33)29-18(7-28)3-4-18/h5-6,17H,3-4H2,1-2H3,(H,29,33). The van der Waals surface area contributed by atoms with Crippen molar-refractivity contribution in [2.24, 2.45) is 7.05 Å². The van der Waals surface area contributed by atoms with Crippen LogP contribution in [0, 0.1) is 18.3 Å². The van der Waals surface area contributed by atoms with E-state index >= 15 is 0 Å². The summed E-state index contributed by atoms with van der Waals surface area (Å²) in [6.07, 6.45) is -14.6. The summed E-state index contributed by atoms with van der Waals surface area (Å²) in [5.41, 5.74) is -0.862. The van der Waals surface area contributed by atoms with E-state index < -0.39 is 35.8 Å². The van der Waals surface area contributed by atoms with Gasteiger partial charge in [-0.2, -0.15) is 27.2 Å². The van der Waals surface area contributed by atoms with E-state index in [0.29, 0.717) is 17.7 Å². The van der Waals surface area contributed by atoms with Gasteiger partial charge in [0.05, 0.1) is 22.2 Å². The van der Waals surface area contributed by atoms with E-state index in [4.69, 9.17) is 21.4 Å². The van der Waals surface area contributed by atoms with Crippen molar-refractivity contribution in [3.05, 3.63) is 27.6 Å². The second-order valence-corrected chi connectivity index (χ2v) is 9.65. The van der Waals surface area contributed by atoms with Crippen LogP contribution in [0.1, 0.15) is 28.8 Å². The Balaban J connectivity index is 1.58. The van der Waals surface area contributed by atoms with Gasteiger partial charge in [-0.25, -0.2) is 4.39 Å². The Kier molecular flexibility index (Phi) is 6.24. The molecule has 1 saturated carbocycles. The van der Waals surface area contributed by atoms with Gasteiger partial charge in [0, 0.05) is 18.7 Å². The molecule has 1 amide bonds. The van der Waals surface area contributed by atoms with Crippen LogP contribution in [0.25, 0.3) is 22.0 Å². The molecule has 36 heavy (non-hydrogen) atoms. The minimum Gasteiger partial charge on any atom is -0.410 e. The molecule has 0 aliphatic heterocycles. The molecule has 0 bridgehead atoms. The summed E-state index contributed by atoms with van der Waals surface area (Å²) in [6, 6.07) is 4.81. The average molecular weight is 554 g/mol. The molecule has 1 aliphatic rings. The Bertz CT molecular complexity index is 1370. The Hall–Kier alpha value is -3.25. The smallest absolute Gasteiger partial charge is 0.410 e. The van der Waals surface area contributed by atoms with Gasteiger partial charge in [-0.3, -0.25) is 9.48 Å². The van der Waals surface area contributed by atoms with Crippen molar-refractivity contribution < 1.29 is 40.4 Å². The molecule has 4 rings (SSSR count). The van der Waals surface area contributed by atoms with Crippen LogP contribution < -0.4 is 10.1 Å². The Labute approximate surface area is 207 Å². The lowest BCUT2D eigenvalue weighted by atomic mass is 10.2. The molecule has 3 aromatic rings. The van der Waals surface area contributed by atoms with E-state index in [0.717, 1.165) is 16.0 Å². The zero-order valence-corrected chi connectivity index (χ0v) is 19.8. The van der Waals surface area contributed by atoms with Crippen LogP contribution in [0.2, 0.25) is 4.34 Å². The predicted octanol–water partition coefficient (Wildman–Crippen LogP) is 5.42. The molecule has 8 nitrogen and oxygen atoms in total. The summed E-state index contributed by atoms with van der Waals surface area (Å²) in [6.45, 7) is 1.22. The SMILES string of the molecule is Cc1c(OC(F)(F)C(F)C(F)(F)F)nn(C)c1-c1cc(-c2cc(C(=O)NC3(C#N)CC3)c(Cl)s2)on1. The fourth-order valence-corrected chi connectivity index (χ4v) is 4.47. The number of ether oxygens (including phenoxy) is 1. The molecule has 192 valence electrons. The zero-order chi connectivity index (χ0) is 26.6. The van der Waals surface area contributed by atoms with E-state index in [1.165, 1.54) is 26.1 Å². The quantitative estimate of drug-likeness (QED) is 0.392. The Morgan fingerprint density at radius 3 is 2.61 bits per heavy atom. The lowest BCUT2D eigenvalue weighted by molar-refractivity contribution is -0.305. The first-order chi connectivity index (χ1) is 16.7. The van der Waals surface area contributed by atoms with E-state index in [-0.39, 0.29) is 32.6 Å². The Morgan fingerprint density at radius 1 is 1.36 bits per heavy atom. The number of amides is 1. The third-order valence-corrected chi connectivity index (χ3v) is 6.67. The minimum atomic E-state index is -5.85. The summed E-state index contributed by atoms with van der Waals surface area (Å²) in [5, 5.41) is 19.2. The highest BCUT2D eigenvalue weighted by molar-refractivity contribution is 7.19. The van der Waals surface area contributed by atoms with Crippen LogP contribution in [-0.4, -0.2) is 44.8 Å². The van der Waals surface area contributed by atoms with Crippen molar-refractivity contribution >= 4 is 28.8 Å². The van der Waals surface area contributed by atoms with Crippen LogP contribution in [0.4, 0.5) is 26.3 Å². The molecule has 1 N–H and O–H groups in total. The van der Waals surface area contributed by atoms with Gasteiger partial charge in [0.1, 0.15) is 15.6 Å². The molecule has 0 spiro atoms.